The zero-order valence-corrected chi connectivity index (χ0v) is 11.5. The second-order valence-electron chi connectivity index (χ2n) is 4.47. The van der Waals surface area contributed by atoms with Crippen molar-refractivity contribution in [3.8, 4) is 5.75 Å². The summed E-state index contributed by atoms with van der Waals surface area (Å²) in [5, 5.41) is 13.0. The molecule has 0 unspecified atom stereocenters. The van der Waals surface area contributed by atoms with Gasteiger partial charge in [-0.2, -0.15) is 0 Å². The van der Waals surface area contributed by atoms with Crippen molar-refractivity contribution in [3.63, 3.8) is 0 Å². The van der Waals surface area contributed by atoms with Crippen LogP contribution in [0.4, 0.5) is 15.8 Å². The molecular weight excluding hydrogens is 255 g/mol. The summed E-state index contributed by atoms with van der Waals surface area (Å²) in [5.74, 6) is -0.174. The smallest absolute Gasteiger partial charge is 0.125 e. The fourth-order valence-electron chi connectivity index (χ4n) is 1.94. The summed E-state index contributed by atoms with van der Waals surface area (Å²) in [5.41, 5.74) is 2.73. The Labute approximate surface area is 118 Å². The number of nitrogens with zero attached hydrogens (tertiary/aromatic N) is 1. The van der Waals surface area contributed by atoms with Gasteiger partial charge >= 0.3 is 0 Å². The lowest BCUT2D eigenvalue weighted by Gasteiger charge is -2.23. The Bertz CT molecular complexity index is 640. The van der Waals surface area contributed by atoms with Crippen LogP contribution in [-0.2, 0) is 0 Å². The predicted molar refractivity (Wildman–Crippen MR) is 81.5 cm³/mol. The monoisotopic (exact) mass is 272 g/mol. The number of anilines is 2. The molecule has 0 saturated carbocycles. The van der Waals surface area contributed by atoms with Gasteiger partial charge in [-0.25, -0.2) is 4.39 Å². The maximum absolute atomic E-state index is 13.3. The number of benzene rings is 2. The summed E-state index contributed by atoms with van der Waals surface area (Å²) in [4.78, 5) is 1.73. The van der Waals surface area contributed by atoms with E-state index in [0.29, 0.717) is 16.9 Å². The minimum atomic E-state index is -0.310. The van der Waals surface area contributed by atoms with Gasteiger partial charge in [-0.15, -0.1) is 0 Å². The molecule has 20 heavy (non-hydrogen) atoms. The number of rotatable bonds is 4. The van der Waals surface area contributed by atoms with Crippen LogP contribution < -0.4 is 10.2 Å². The van der Waals surface area contributed by atoms with Crippen molar-refractivity contribution in [1.82, 2.24) is 0 Å². The van der Waals surface area contributed by atoms with Crippen molar-refractivity contribution in [2.24, 2.45) is 0 Å². The first-order valence-electron chi connectivity index (χ1n) is 6.22. The average molecular weight is 272 g/mol. The molecule has 104 valence electrons. The number of hydrogen-bond acceptors (Lipinski definition) is 3. The molecular formula is C16H17FN2O. The maximum atomic E-state index is 13.3. The molecule has 0 aliphatic carbocycles. The van der Waals surface area contributed by atoms with E-state index in [9.17, 15) is 9.50 Å². The Morgan fingerprint density at radius 3 is 2.65 bits per heavy atom. The van der Waals surface area contributed by atoms with Crippen molar-refractivity contribution in [2.45, 2.75) is 0 Å². The van der Waals surface area contributed by atoms with Gasteiger partial charge in [-0.1, -0.05) is 12.6 Å². The second kappa shape index (κ2) is 5.65. The number of aromatic hydroxyl groups is 1. The van der Waals surface area contributed by atoms with Crippen LogP contribution in [0.25, 0.3) is 5.70 Å². The molecule has 0 radical (unpaired) electrons. The van der Waals surface area contributed by atoms with Crippen LogP contribution in [0.3, 0.4) is 0 Å². The van der Waals surface area contributed by atoms with Crippen LogP contribution in [0.2, 0.25) is 0 Å². The van der Waals surface area contributed by atoms with E-state index in [0.717, 1.165) is 5.69 Å². The largest absolute Gasteiger partial charge is 0.507 e. The molecule has 0 aromatic heterocycles. The standard InChI is InChI=1S/C16H17FN2O/c1-11(15-10-13(18-2)7-8-16(15)20)19(3)14-6-4-5-12(17)9-14/h4-10,18,20H,1H2,2-3H3. The highest BCUT2D eigenvalue weighted by Gasteiger charge is 2.12. The fourth-order valence-corrected chi connectivity index (χ4v) is 1.94. The van der Waals surface area contributed by atoms with E-state index < -0.39 is 0 Å². The summed E-state index contributed by atoms with van der Waals surface area (Å²) >= 11 is 0. The Balaban J connectivity index is 2.36. The third-order valence-electron chi connectivity index (χ3n) is 3.20. The van der Waals surface area contributed by atoms with E-state index in [-0.39, 0.29) is 11.6 Å². The van der Waals surface area contributed by atoms with Crippen LogP contribution in [0, 0.1) is 5.82 Å². The second-order valence-corrected chi connectivity index (χ2v) is 4.47. The Morgan fingerprint density at radius 1 is 1.25 bits per heavy atom. The molecule has 0 fully saturated rings. The topological polar surface area (TPSA) is 35.5 Å². The first kappa shape index (κ1) is 13.9. The van der Waals surface area contributed by atoms with Gasteiger partial charge in [0.05, 0.1) is 0 Å². The molecule has 0 aliphatic heterocycles. The summed E-state index contributed by atoms with van der Waals surface area (Å²) in [6, 6.07) is 11.4. The molecule has 2 aromatic carbocycles. The first-order valence-corrected chi connectivity index (χ1v) is 6.22. The lowest BCUT2D eigenvalue weighted by Crippen LogP contribution is -2.14. The summed E-state index contributed by atoms with van der Waals surface area (Å²) < 4.78 is 13.3. The van der Waals surface area contributed by atoms with E-state index in [1.165, 1.54) is 12.1 Å². The van der Waals surface area contributed by atoms with Crippen LogP contribution in [0.1, 0.15) is 5.56 Å². The highest BCUT2D eigenvalue weighted by molar-refractivity contribution is 5.81. The van der Waals surface area contributed by atoms with Crippen molar-refractivity contribution in [3.05, 3.63) is 60.4 Å². The number of phenols is 1. The van der Waals surface area contributed by atoms with Gasteiger partial charge in [0.2, 0.25) is 0 Å². The van der Waals surface area contributed by atoms with E-state index in [2.05, 4.69) is 11.9 Å². The Kier molecular flexibility index (Phi) is 3.94. The van der Waals surface area contributed by atoms with Crippen LogP contribution in [-0.4, -0.2) is 19.2 Å². The van der Waals surface area contributed by atoms with Gasteiger partial charge in [0.25, 0.3) is 0 Å². The molecule has 2 rings (SSSR count). The van der Waals surface area contributed by atoms with E-state index in [4.69, 9.17) is 0 Å². The molecule has 2 aromatic rings. The molecule has 0 spiro atoms. The molecule has 0 bridgehead atoms. The van der Waals surface area contributed by atoms with Gasteiger partial charge in [0.15, 0.2) is 0 Å². The molecule has 0 amide bonds. The predicted octanol–water partition coefficient (Wildman–Crippen LogP) is 3.68. The molecule has 0 aliphatic rings. The van der Waals surface area contributed by atoms with Gasteiger partial charge in [-0.3, -0.25) is 0 Å². The maximum Gasteiger partial charge on any atom is 0.125 e. The number of halogens is 1. The highest BCUT2D eigenvalue weighted by atomic mass is 19.1. The van der Waals surface area contributed by atoms with Crippen molar-refractivity contribution in [2.75, 3.05) is 24.3 Å². The summed E-state index contributed by atoms with van der Waals surface area (Å²) in [6.45, 7) is 3.98. The molecule has 4 heteroatoms. The molecule has 0 heterocycles. The number of hydrogen-bond donors (Lipinski definition) is 2. The summed E-state index contributed by atoms with van der Waals surface area (Å²) in [6.07, 6.45) is 0. The third kappa shape index (κ3) is 2.74. The van der Waals surface area contributed by atoms with Crippen LogP contribution in [0.15, 0.2) is 49.0 Å². The zero-order chi connectivity index (χ0) is 14.7. The highest BCUT2D eigenvalue weighted by Crippen LogP contribution is 2.31. The van der Waals surface area contributed by atoms with E-state index >= 15 is 0 Å². The molecule has 0 saturated heterocycles. The van der Waals surface area contributed by atoms with Gasteiger partial charge in [0, 0.05) is 36.7 Å². The van der Waals surface area contributed by atoms with Crippen molar-refractivity contribution < 1.29 is 9.50 Å². The average Bonchev–Trinajstić information content (AvgIpc) is 2.46. The number of nitrogens with one attached hydrogen (secondary N) is 1. The van der Waals surface area contributed by atoms with E-state index in [1.54, 1.807) is 49.3 Å². The van der Waals surface area contributed by atoms with Gasteiger partial charge < -0.3 is 15.3 Å². The van der Waals surface area contributed by atoms with Crippen LogP contribution >= 0.6 is 0 Å². The first-order chi connectivity index (χ1) is 9.52. The lowest BCUT2D eigenvalue weighted by molar-refractivity contribution is 0.473. The van der Waals surface area contributed by atoms with Crippen molar-refractivity contribution in [1.29, 1.82) is 0 Å². The fraction of sp³-hybridized carbons (Fsp3) is 0.125. The molecule has 3 nitrogen and oxygen atoms in total. The van der Waals surface area contributed by atoms with Crippen molar-refractivity contribution >= 4 is 17.1 Å². The van der Waals surface area contributed by atoms with Crippen LogP contribution in [0.5, 0.6) is 5.75 Å². The Morgan fingerprint density at radius 2 is 2.00 bits per heavy atom. The van der Waals surface area contributed by atoms with E-state index in [1.807, 2.05) is 0 Å². The number of phenolic OH excluding ortho intramolecular Hbond substituents is 1. The van der Waals surface area contributed by atoms with Gasteiger partial charge in [-0.05, 0) is 36.4 Å². The zero-order valence-electron chi connectivity index (χ0n) is 11.5. The SMILES string of the molecule is C=C(c1cc(NC)ccc1O)N(C)c1cccc(F)c1. The quantitative estimate of drug-likeness (QED) is 0.833. The normalized spacial score (nSPS) is 10.2. The summed E-state index contributed by atoms with van der Waals surface area (Å²) in [7, 11) is 3.58. The minimum Gasteiger partial charge on any atom is -0.507 e. The third-order valence-corrected chi connectivity index (χ3v) is 3.20. The van der Waals surface area contributed by atoms with Gasteiger partial charge in [0.1, 0.15) is 11.6 Å². The minimum absolute atomic E-state index is 0.136. The molecule has 0 atom stereocenters. The lowest BCUT2D eigenvalue weighted by atomic mass is 10.1. The Hall–Kier alpha value is -2.49. The molecule has 2 N–H and O–H groups in total.